The normalized spacial score (nSPS) is 17.3. The zero-order valence-electron chi connectivity index (χ0n) is 23.0. The zero-order valence-corrected chi connectivity index (χ0v) is 23.8. The van der Waals surface area contributed by atoms with Crippen LogP contribution in [0.3, 0.4) is 0 Å². The zero-order chi connectivity index (χ0) is 34.6. The van der Waals surface area contributed by atoms with Gasteiger partial charge >= 0.3 is 36.4 Å². The third-order valence-corrected chi connectivity index (χ3v) is 7.04. The van der Waals surface area contributed by atoms with Crippen molar-refractivity contribution in [3.8, 4) is 0 Å². The highest BCUT2D eigenvalue weighted by molar-refractivity contribution is 8.01. The van der Waals surface area contributed by atoms with E-state index in [0.29, 0.717) is 17.5 Å². The first-order chi connectivity index (χ1) is 20.5. The van der Waals surface area contributed by atoms with Crippen molar-refractivity contribution in [2.75, 3.05) is 18.8 Å². The number of carbonyl (C=O) groups is 3. The van der Waals surface area contributed by atoms with E-state index in [2.05, 4.69) is 32.7 Å². The second kappa shape index (κ2) is 16.6. The van der Waals surface area contributed by atoms with Crippen molar-refractivity contribution in [2.24, 2.45) is 0 Å². The van der Waals surface area contributed by atoms with E-state index >= 15 is 0 Å². The van der Waals surface area contributed by atoms with Crippen LogP contribution in [0.2, 0.25) is 0 Å². The number of carboxylic acids is 3. The van der Waals surface area contributed by atoms with Gasteiger partial charge < -0.3 is 20.1 Å². The third-order valence-electron chi connectivity index (χ3n) is 5.47. The smallest absolute Gasteiger partial charge is 0.475 e. The summed E-state index contributed by atoms with van der Waals surface area (Å²) in [5.74, 6) is -7.17. The molecule has 2 aliphatic rings. The highest BCUT2D eigenvalue weighted by Gasteiger charge is 2.49. The maximum atomic E-state index is 10.6. The van der Waals surface area contributed by atoms with Gasteiger partial charge in [0.25, 0.3) is 0 Å². The maximum absolute atomic E-state index is 10.6. The lowest BCUT2D eigenvalue weighted by Crippen LogP contribution is -2.58. The lowest BCUT2D eigenvalue weighted by molar-refractivity contribution is -0.193. The number of rotatable bonds is 5. The minimum absolute atomic E-state index is 0.359. The molecule has 252 valence electrons. The molecule has 0 amide bonds. The average molecular weight is 684 g/mol. The lowest BCUT2D eigenvalue weighted by atomic mass is 9.92. The van der Waals surface area contributed by atoms with Crippen LogP contribution >= 0.6 is 11.8 Å². The van der Waals surface area contributed by atoms with Crippen molar-refractivity contribution in [2.45, 2.75) is 55.9 Å². The van der Waals surface area contributed by atoms with Crippen LogP contribution in [0.4, 0.5) is 39.5 Å². The minimum Gasteiger partial charge on any atom is -0.475 e. The summed E-state index contributed by atoms with van der Waals surface area (Å²) >= 11 is 2.09. The molecular formula is C25H26F9N3O7S. The van der Waals surface area contributed by atoms with E-state index in [9.17, 15) is 39.5 Å². The van der Waals surface area contributed by atoms with Crippen LogP contribution in [-0.4, -0.2) is 96.3 Å². The number of aliphatic carboxylic acids is 3. The summed E-state index contributed by atoms with van der Waals surface area (Å²) in [6.07, 6.45) is -9.93. The first-order valence-corrected chi connectivity index (χ1v) is 13.2. The van der Waals surface area contributed by atoms with Gasteiger partial charge in [-0.3, -0.25) is 14.9 Å². The second-order valence-corrected chi connectivity index (χ2v) is 10.8. The number of aromatic nitrogens is 2. The number of hydrogen-bond donors (Lipinski definition) is 3. The van der Waals surface area contributed by atoms with Gasteiger partial charge in [-0.2, -0.15) is 39.5 Å². The van der Waals surface area contributed by atoms with Crippen molar-refractivity contribution < 1.29 is 74.0 Å². The van der Waals surface area contributed by atoms with Gasteiger partial charge in [-0.05, 0) is 37.1 Å². The number of ether oxygens (including phenoxy) is 1. The van der Waals surface area contributed by atoms with Crippen molar-refractivity contribution in [3.63, 3.8) is 0 Å². The van der Waals surface area contributed by atoms with Crippen LogP contribution in [0.15, 0.2) is 42.7 Å². The van der Waals surface area contributed by atoms with Crippen LogP contribution in [0.25, 0.3) is 0 Å². The van der Waals surface area contributed by atoms with Gasteiger partial charge in [-0.25, -0.2) is 14.4 Å². The van der Waals surface area contributed by atoms with E-state index in [1.165, 1.54) is 5.56 Å². The molecule has 4 rings (SSSR count). The number of hydrogen-bond acceptors (Lipinski definition) is 8. The molecule has 4 heterocycles. The topological polar surface area (TPSA) is 150 Å². The van der Waals surface area contributed by atoms with Gasteiger partial charge in [0.05, 0.1) is 18.4 Å². The molecule has 0 radical (unpaired) electrons. The molecule has 1 atom stereocenters. The molecule has 1 spiro atoms. The number of pyridine rings is 2. The Hall–Kier alpha value is -3.65. The Balaban J connectivity index is 0.000000396. The van der Waals surface area contributed by atoms with E-state index in [4.69, 9.17) is 34.4 Å². The Morgan fingerprint density at radius 3 is 1.84 bits per heavy atom. The number of halogens is 9. The van der Waals surface area contributed by atoms with Crippen molar-refractivity contribution in [1.29, 1.82) is 0 Å². The van der Waals surface area contributed by atoms with E-state index in [0.717, 1.165) is 43.2 Å². The number of likely N-dealkylation sites (tertiary alicyclic amines) is 1. The van der Waals surface area contributed by atoms with Gasteiger partial charge in [0.2, 0.25) is 0 Å². The highest BCUT2D eigenvalue weighted by Crippen LogP contribution is 2.46. The van der Waals surface area contributed by atoms with Crippen molar-refractivity contribution >= 4 is 29.7 Å². The third kappa shape index (κ3) is 15.3. The Kier molecular flexibility index (Phi) is 14.5. The number of nitrogens with zero attached hydrogens (tertiary/aromatic N) is 3. The van der Waals surface area contributed by atoms with Gasteiger partial charge in [-0.15, -0.1) is 11.8 Å². The fourth-order valence-corrected chi connectivity index (χ4v) is 5.25. The number of thioether (sulfide) groups is 1. The highest BCUT2D eigenvalue weighted by atomic mass is 32.2. The first kappa shape index (κ1) is 39.4. The van der Waals surface area contributed by atoms with Crippen LogP contribution < -0.4 is 0 Å². The van der Waals surface area contributed by atoms with Crippen molar-refractivity contribution in [1.82, 2.24) is 14.9 Å². The maximum Gasteiger partial charge on any atom is 0.490 e. The number of alkyl halides is 9. The summed E-state index contributed by atoms with van der Waals surface area (Å²) in [5, 5.41) is 21.4. The molecule has 2 saturated heterocycles. The fraction of sp³-hybridized carbons (Fsp3) is 0.480. The Morgan fingerprint density at radius 2 is 1.42 bits per heavy atom. The molecule has 45 heavy (non-hydrogen) atoms. The van der Waals surface area contributed by atoms with Gasteiger partial charge in [-0.1, -0.05) is 12.1 Å². The van der Waals surface area contributed by atoms with Crippen LogP contribution in [0, 0.1) is 6.92 Å². The van der Waals surface area contributed by atoms with Gasteiger partial charge in [0, 0.05) is 48.2 Å². The molecule has 2 aromatic rings. The molecule has 3 N–H and O–H groups in total. The van der Waals surface area contributed by atoms with Gasteiger partial charge in [0.15, 0.2) is 0 Å². The van der Waals surface area contributed by atoms with E-state index in [1.54, 1.807) is 0 Å². The average Bonchev–Trinajstić information content (AvgIpc) is 3.32. The molecule has 0 aliphatic carbocycles. The summed E-state index contributed by atoms with van der Waals surface area (Å²) < 4.78 is 102. The Labute approximate surface area is 253 Å². The van der Waals surface area contributed by atoms with Crippen LogP contribution in [0.1, 0.15) is 23.4 Å². The summed E-state index contributed by atoms with van der Waals surface area (Å²) in [4.78, 5) is 37.9. The molecule has 10 nitrogen and oxygen atoms in total. The molecule has 20 heteroatoms. The number of carboxylic acid groups (broad SMARTS) is 3. The largest absolute Gasteiger partial charge is 0.490 e. The molecule has 0 saturated carbocycles. The second-order valence-electron chi connectivity index (χ2n) is 9.32. The summed E-state index contributed by atoms with van der Waals surface area (Å²) in [7, 11) is 0. The number of aryl methyl sites for hydroxylation is 1. The fourth-order valence-electron chi connectivity index (χ4n) is 3.64. The first-order valence-electron chi connectivity index (χ1n) is 12.2. The van der Waals surface area contributed by atoms with E-state index in [-0.39, 0.29) is 0 Å². The molecule has 1 unspecified atom stereocenters. The lowest BCUT2D eigenvalue weighted by Gasteiger charge is -2.47. The molecule has 2 aromatic heterocycles. The molecule has 2 aliphatic heterocycles. The predicted octanol–water partition coefficient (Wildman–Crippen LogP) is 4.96. The summed E-state index contributed by atoms with van der Waals surface area (Å²) in [6, 6.07) is 10.3. The van der Waals surface area contributed by atoms with Crippen LogP contribution in [0.5, 0.6) is 0 Å². The monoisotopic (exact) mass is 683 g/mol. The van der Waals surface area contributed by atoms with Crippen molar-refractivity contribution in [3.05, 3.63) is 59.7 Å². The standard InChI is InChI=1S/C19H23N3OS.3C2HF3O2/c1-15-4-2-6-17(21-15)11-23-18-8-19(24-12-18)13-22(14-19)10-16-5-3-7-20-9-16;3*3-2(4,5)1(6)7/h2-7,9,18H,8,10-14H2,1H3;3*(H,6,7). The quantitative estimate of drug-likeness (QED) is 0.367. The van der Waals surface area contributed by atoms with E-state index < -0.39 is 36.4 Å². The Bertz CT molecular complexity index is 1200. The van der Waals surface area contributed by atoms with Gasteiger partial charge in [0.1, 0.15) is 0 Å². The minimum atomic E-state index is -5.08. The van der Waals surface area contributed by atoms with Crippen LogP contribution in [-0.2, 0) is 32.3 Å². The molecule has 0 aromatic carbocycles. The molecule has 2 fully saturated rings. The predicted molar refractivity (Wildman–Crippen MR) is 138 cm³/mol. The SMILES string of the molecule is Cc1cccc(COC2CSC3(C2)CN(Cc2cccnc2)C3)n1.O=C(O)C(F)(F)F.O=C(O)C(F)(F)F.O=C(O)C(F)(F)F. The summed E-state index contributed by atoms with van der Waals surface area (Å²) in [6.45, 7) is 5.98. The summed E-state index contributed by atoms with van der Waals surface area (Å²) in [5.41, 5.74) is 3.39. The molecular weight excluding hydrogens is 657 g/mol. The molecule has 0 bridgehead atoms. The Morgan fingerprint density at radius 1 is 0.911 bits per heavy atom. The van der Waals surface area contributed by atoms with E-state index in [1.807, 2.05) is 43.6 Å².